The summed E-state index contributed by atoms with van der Waals surface area (Å²) in [7, 11) is 0. The van der Waals surface area contributed by atoms with Crippen LogP contribution in [0.25, 0.3) is 0 Å². The van der Waals surface area contributed by atoms with Gasteiger partial charge in [-0.15, -0.1) is 0 Å². The Bertz CT molecular complexity index is 662. The van der Waals surface area contributed by atoms with Gasteiger partial charge in [0, 0.05) is 45.4 Å². The van der Waals surface area contributed by atoms with E-state index in [2.05, 4.69) is 12.1 Å². The van der Waals surface area contributed by atoms with Gasteiger partial charge >= 0.3 is 0 Å². The minimum absolute atomic E-state index is 0.109. The van der Waals surface area contributed by atoms with Gasteiger partial charge in [-0.1, -0.05) is 30.3 Å². The highest BCUT2D eigenvalue weighted by molar-refractivity contribution is 5.89. The molecule has 4 rings (SSSR count). The van der Waals surface area contributed by atoms with Crippen molar-refractivity contribution in [3.05, 3.63) is 35.9 Å². The maximum atomic E-state index is 12.9. The van der Waals surface area contributed by atoms with Crippen LogP contribution < -0.4 is 0 Å². The Morgan fingerprint density at radius 3 is 2.52 bits per heavy atom. The van der Waals surface area contributed by atoms with E-state index in [0.717, 1.165) is 32.2 Å². The van der Waals surface area contributed by atoms with Crippen LogP contribution in [0.15, 0.2) is 30.3 Å². The molecular weight excluding hydrogens is 344 g/mol. The summed E-state index contributed by atoms with van der Waals surface area (Å²) < 4.78 is 11.5. The molecule has 0 aliphatic carbocycles. The zero-order valence-corrected chi connectivity index (χ0v) is 15.8. The minimum Gasteiger partial charge on any atom is -0.347 e. The second-order valence-corrected chi connectivity index (χ2v) is 7.76. The first-order valence-electron chi connectivity index (χ1n) is 10.0. The van der Waals surface area contributed by atoms with Crippen LogP contribution in [0, 0.1) is 5.92 Å². The maximum absolute atomic E-state index is 12.9. The first-order valence-corrected chi connectivity index (χ1v) is 10.0. The highest BCUT2D eigenvalue weighted by atomic mass is 16.7. The molecule has 3 fully saturated rings. The highest BCUT2D eigenvalue weighted by Crippen LogP contribution is 2.32. The molecule has 2 amide bonds. The largest absolute Gasteiger partial charge is 0.347 e. The molecule has 0 bridgehead atoms. The van der Waals surface area contributed by atoms with Gasteiger partial charge in [0.15, 0.2) is 5.79 Å². The number of carbonyl (C=O) groups is 2. The average Bonchev–Trinajstić information content (AvgIpc) is 3.30. The first-order chi connectivity index (χ1) is 13.2. The molecule has 3 heterocycles. The van der Waals surface area contributed by atoms with Gasteiger partial charge in [-0.3, -0.25) is 9.59 Å². The summed E-state index contributed by atoms with van der Waals surface area (Å²) in [6.07, 6.45) is 3.67. The van der Waals surface area contributed by atoms with Crippen molar-refractivity contribution < 1.29 is 19.1 Å². The number of amides is 2. The van der Waals surface area contributed by atoms with Crippen LogP contribution in [0.4, 0.5) is 0 Å². The molecule has 3 saturated heterocycles. The Balaban J connectivity index is 1.24. The van der Waals surface area contributed by atoms with Crippen LogP contribution in [-0.2, 0) is 25.5 Å². The molecule has 146 valence electrons. The van der Waals surface area contributed by atoms with Gasteiger partial charge in [-0.25, -0.2) is 0 Å². The van der Waals surface area contributed by atoms with Crippen molar-refractivity contribution in [2.75, 3.05) is 39.4 Å². The van der Waals surface area contributed by atoms with Gasteiger partial charge < -0.3 is 19.3 Å². The van der Waals surface area contributed by atoms with Crippen molar-refractivity contribution in [2.45, 2.75) is 37.9 Å². The summed E-state index contributed by atoms with van der Waals surface area (Å²) >= 11 is 0. The van der Waals surface area contributed by atoms with Gasteiger partial charge in [-0.05, 0) is 18.4 Å². The number of hydrogen-bond acceptors (Lipinski definition) is 4. The van der Waals surface area contributed by atoms with Crippen molar-refractivity contribution in [1.29, 1.82) is 0 Å². The summed E-state index contributed by atoms with van der Waals surface area (Å²) in [5, 5.41) is 0. The number of nitrogens with zero attached hydrogens (tertiary/aromatic N) is 2. The van der Waals surface area contributed by atoms with E-state index in [-0.39, 0.29) is 17.7 Å². The number of aryl methyl sites for hydroxylation is 1. The molecule has 0 N–H and O–H groups in total. The van der Waals surface area contributed by atoms with Gasteiger partial charge in [-0.2, -0.15) is 0 Å². The molecule has 3 aliphatic rings. The number of piperidine rings is 1. The predicted octanol–water partition coefficient (Wildman–Crippen LogP) is 1.83. The van der Waals surface area contributed by atoms with E-state index in [1.54, 1.807) is 0 Å². The molecule has 6 nitrogen and oxygen atoms in total. The van der Waals surface area contributed by atoms with Crippen LogP contribution in [-0.4, -0.2) is 66.8 Å². The lowest BCUT2D eigenvalue weighted by Crippen LogP contribution is -2.49. The molecule has 0 saturated carbocycles. The van der Waals surface area contributed by atoms with Crippen molar-refractivity contribution in [3.8, 4) is 0 Å². The molecule has 6 heteroatoms. The molecule has 3 aliphatic heterocycles. The van der Waals surface area contributed by atoms with Crippen LogP contribution >= 0.6 is 0 Å². The normalized spacial score (nSPS) is 24.7. The maximum Gasteiger partial charge on any atom is 0.228 e. The number of carbonyl (C=O) groups excluding carboxylic acids is 2. The fourth-order valence-electron chi connectivity index (χ4n) is 4.38. The smallest absolute Gasteiger partial charge is 0.228 e. The van der Waals surface area contributed by atoms with Crippen LogP contribution in [0.2, 0.25) is 0 Å². The van der Waals surface area contributed by atoms with Gasteiger partial charge in [0.2, 0.25) is 11.8 Å². The SMILES string of the molecule is O=C1CC(C(=O)N2CCC3(CC2)OCCO3)CN1CCCc1ccccc1. The topological polar surface area (TPSA) is 59.1 Å². The lowest BCUT2D eigenvalue weighted by Gasteiger charge is -2.38. The molecule has 0 radical (unpaired) electrons. The third-order valence-electron chi connectivity index (χ3n) is 5.95. The predicted molar refractivity (Wildman–Crippen MR) is 99.9 cm³/mol. The summed E-state index contributed by atoms with van der Waals surface area (Å²) in [5.41, 5.74) is 1.29. The summed E-state index contributed by atoms with van der Waals surface area (Å²) in [6.45, 7) is 3.87. The Hall–Kier alpha value is -1.92. The average molecular weight is 372 g/mol. The molecular formula is C21H28N2O4. The summed E-state index contributed by atoms with van der Waals surface area (Å²) in [4.78, 5) is 28.9. The van der Waals surface area contributed by atoms with E-state index in [4.69, 9.17) is 9.47 Å². The van der Waals surface area contributed by atoms with Gasteiger partial charge in [0.1, 0.15) is 0 Å². The molecule has 1 unspecified atom stereocenters. The van der Waals surface area contributed by atoms with Crippen molar-refractivity contribution in [1.82, 2.24) is 9.80 Å². The highest BCUT2D eigenvalue weighted by Gasteiger charge is 2.43. The van der Waals surface area contributed by atoms with E-state index in [9.17, 15) is 9.59 Å². The molecule has 1 aromatic rings. The molecule has 1 spiro atoms. The number of rotatable bonds is 5. The molecule has 0 aromatic heterocycles. The fraction of sp³-hybridized carbons (Fsp3) is 0.619. The van der Waals surface area contributed by atoms with E-state index < -0.39 is 5.79 Å². The second-order valence-electron chi connectivity index (χ2n) is 7.76. The third-order valence-corrected chi connectivity index (χ3v) is 5.95. The standard InChI is InChI=1S/C21H28N2O4/c24-19-15-18(16-23(19)10-4-7-17-5-2-1-3-6-17)20(25)22-11-8-21(9-12-22)26-13-14-27-21/h1-3,5-6,18H,4,7-16H2. The lowest BCUT2D eigenvalue weighted by atomic mass is 10.0. The van der Waals surface area contributed by atoms with E-state index in [1.807, 2.05) is 28.0 Å². The summed E-state index contributed by atoms with van der Waals surface area (Å²) in [5.74, 6) is -0.445. The van der Waals surface area contributed by atoms with Crippen molar-refractivity contribution in [3.63, 3.8) is 0 Å². The van der Waals surface area contributed by atoms with E-state index in [0.29, 0.717) is 39.3 Å². The number of hydrogen-bond donors (Lipinski definition) is 0. The van der Waals surface area contributed by atoms with Gasteiger partial charge in [0.05, 0.1) is 19.1 Å². The third kappa shape index (κ3) is 4.17. The van der Waals surface area contributed by atoms with Crippen LogP contribution in [0.3, 0.4) is 0 Å². The minimum atomic E-state index is -0.467. The number of benzene rings is 1. The molecule has 27 heavy (non-hydrogen) atoms. The van der Waals surface area contributed by atoms with Gasteiger partial charge in [0.25, 0.3) is 0 Å². The van der Waals surface area contributed by atoms with Crippen LogP contribution in [0.5, 0.6) is 0 Å². The zero-order chi connectivity index (χ0) is 18.7. The van der Waals surface area contributed by atoms with Crippen molar-refractivity contribution >= 4 is 11.8 Å². The quantitative estimate of drug-likeness (QED) is 0.791. The first kappa shape index (κ1) is 18.4. The Kier molecular flexibility index (Phi) is 5.45. The van der Waals surface area contributed by atoms with E-state index in [1.165, 1.54) is 5.56 Å². The van der Waals surface area contributed by atoms with Crippen molar-refractivity contribution in [2.24, 2.45) is 5.92 Å². The fourth-order valence-corrected chi connectivity index (χ4v) is 4.38. The zero-order valence-electron chi connectivity index (χ0n) is 15.8. The Morgan fingerprint density at radius 1 is 1.11 bits per heavy atom. The summed E-state index contributed by atoms with van der Waals surface area (Å²) in [6, 6.07) is 10.3. The monoisotopic (exact) mass is 372 g/mol. The van der Waals surface area contributed by atoms with Crippen LogP contribution in [0.1, 0.15) is 31.2 Å². The second kappa shape index (κ2) is 7.98. The molecule has 1 aromatic carbocycles. The Labute approximate surface area is 160 Å². The Morgan fingerprint density at radius 2 is 1.81 bits per heavy atom. The lowest BCUT2D eigenvalue weighted by molar-refractivity contribution is -0.188. The number of likely N-dealkylation sites (tertiary alicyclic amines) is 2. The number of ether oxygens (including phenoxy) is 2. The van der Waals surface area contributed by atoms with E-state index >= 15 is 0 Å². The molecule has 1 atom stereocenters.